The van der Waals surface area contributed by atoms with E-state index in [1.807, 2.05) is 6.07 Å². The Hall–Kier alpha value is -2.76. The maximum absolute atomic E-state index is 5.54. The van der Waals surface area contributed by atoms with Gasteiger partial charge >= 0.3 is 0 Å². The third-order valence-electron chi connectivity index (χ3n) is 5.91. The first-order valence-corrected chi connectivity index (χ1v) is 10.4. The smallest absolute Gasteiger partial charge is 0.161 e. The number of hydrogen-bond donors (Lipinski definition) is 0. The lowest BCUT2D eigenvalue weighted by Crippen LogP contribution is -2.45. The van der Waals surface area contributed by atoms with Gasteiger partial charge in [0.2, 0.25) is 0 Å². The van der Waals surface area contributed by atoms with Crippen LogP contribution in [0, 0.1) is 0 Å². The van der Waals surface area contributed by atoms with E-state index in [1.54, 1.807) is 21.3 Å². The quantitative estimate of drug-likeness (QED) is 0.588. The molecule has 3 aromatic rings. The van der Waals surface area contributed by atoms with Gasteiger partial charge in [-0.15, -0.1) is 0 Å². The lowest BCUT2D eigenvalue weighted by atomic mass is 10.0. The maximum atomic E-state index is 5.54. The summed E-state index contributed by atoms with van der Waals surface area (Å²) in [5.41, 5.74) is 2.61. The van der Waals surface area contributed by atoms with Crippen molar-refractivity contribution in [2.75, 3.05) is 47.5 Å². The molecule has 0 aliphatic carbocycles. The summed E-state index contributed by atoms with van der Waals surface area (Å²) in [4.78, 5) is 5.04. The first-order valence-electron chi connectivity index (χ1n) is 10.4. The van der Waals surface area contributed by atoms with Crippen molar-refractivity contribution in [3.05, 3.63) is 65.7 Å². The minimum Gasteiger partial charge on any atom is -0.496 e. The summed E-state index contributed by atoms with van der Waals surface area (Å²) in [5, 5.41) is 2.47. The average molecular weight is 407 g/mol. The molecule has 5 heteroatoms. The lowest BCUT2D eigenvalue weighted by Gasteiger charge is -2.35. The number of hydrogen-bond acceptors (Lipinski definition) is 5. The molecule has 0 amide bonds. The van der Waals surface area contributed by atoms with Crippen LogP contribution in [-0.2, 0) is 13.1 Å². The highest BCUT2D eigenvalue weighted by atomic mass is 16.5. The highest BCUT2D eigenvalue weighted by Gasteiger charge is 2.19. The Kier molecular flexibility index (Phi) is 6.41. The number of benzene rings is 3. The van der Waals surface area contributed by atoms with E-state index in [0.717, 1.165) is 56.5 Å². The van der Waals surface area contributed by atoms with Crippen LogP contribution in [0.4, 0.5) is 0 Å². The summed E-state index contributed by atoms with van der Waals surface area (Å²) < 4.78 is 16.3. The lowest BCUT2D eigenvalue weighted by molar-refractivity contribution is 0.122. The fourth-order valence-corrected chi connectivity index (χ4v) is 4.23. The monoisotopic (exact) mass is 406 g/mol. The van der Waals surface area contributed by atoms with E-state index in [-0.39, 0.29) is 0 Å². The van der Waals surface area contributed by atoms with Crippen LogP contribution < -0.4 is 14.2 Å². The van der Waals surface area contributed by atoms with Gasteiger partial charge in [-0.2, -0.15) is 0 Å². The second kappa shape index (κ2) is 9.37. The topological polar surface area (TPSA) is 34.2 Å². The third-order valence-corrected chi connectivity index (χ3v) is 5.91. The molecule has 4 rings (SSSR count). The standard InChI is InChI=1S/C25H30N2O3/c1-28-23-11-9-20(21-6-4-5-7-22(21)23)18-27-14-12-26(13-15-27)17-19-8-10-24(29-2)25(16-19)30-3/h4-11,16H,12-15,17-18H2,1-3H3. The predicted molar refractivity (Wildman–Crippen MR) is 121 cm³/mol. The minimum atomic E-state index is 0.776. The van der Waals surface area contributed by atoms with Crippen molar-refractivity contribution in [3.8, 4) is 17.2 Å². The predicted octanol–water partition coefficient (Wildman–Crippen LogP) is 4.18. The highest BCUT2D eigenvalue weighted by Crippen LogP contribution is 2.30. The van der Waals surface area contributed by atoms with Gasteiger partial charge in [0.25, 0.3) is 0 Å². The van der Waals surface area contributed by atoms with Crippen LogP contribution >= 0.6 is 0 Å². The van der Waals surface area contributed by atoms with Crippen molar-refractivity contribution < 1.29 is 14.2 Å². The third kappa shape index (κ3) is 4.37. The van der Waals surface area contributed by atoms with Gasteiger partial charge in [-0.05, 0) is 34.7 Å². The second-order valence-corrected chi connectivity index (χ2v) is 7.71. The van der Waals surface area contributed by atoms with Gasteiger partial charge in [0.1, 0.15) is 5.75 Å². The fraction of sp³-hybridized carbons (Fsp3) is 0.360. The van der Waals surface area contributed by atoms with Crippen LogP contribution in [0.5, 0.6) is 17.2 Å². The molecular formula is C25H30N2O3. The number of fused-ring (bicyclic) bond motifs is 1. The van der Waals surface area contributed by atoms with Crippen molar-refractivity contribution in [2.45, 2.75) is 13.1 Å². The second-order valence-electron chi connectivity index (χ2n) is 7.71. The number of ether oxygens (including phenoxy) is 3. The molecule has 158 valence electrons. The Morgan fingerprint density at radius 2 is 1.23 bits per heavy atom. The molecule has 5 nitrogen and oxygen atoms in total. The Labute approximate surface area is 178 Å². The van der Waals surface area contributed by atoms with E-state index in [0.29, 0.717) is 0 Å². The van der Waals surface area contributed by atoms with E-state index >= 15 is 0 Å². The molecule has 1 aliphatic heterocycles. The van der Waals surface area contributed by atoms with Crippen LogP contribution in [0.3, 0.4) is 0 Å². The molecule has 1 fully saturated rings. The number of nitrogens with zero attached hydrogens (tertiary/aromatic N) is 2. The molecule has 1 aliphatic rings. The van der Waals surface area contributed by atoms with E-state index in [4.69, 9.17) is 14.2 Å². The Morgan fingerprint density at radius 1 is 0.633 bits per heavy atom. The van der Waals surface area contributed by atoms with Gasteiger partial charge in [-0.25, -0.2) is 0 Å². The van der Waals surface area contributed by atoms with Crippen molar-refractivity contribution in [3.63, 3.8) is 0 Å². The molecule has 0 aromatic heterocycles. The molecule has 0 spiro atoms. The van der Waals surface area contributed by atoms with Crippen LogP contribution in [0.25, 0.3) is 10.8 Å². The summed E-state index contributed by atoms with van der Waals surface area (Å²) in [6, 6.07) is 19.0. The number of rotatable bonds is 7. The van der Waals surface area contributed by atoms with Crippen molar-refractivity contribution in [1.82, 2.24) is 9.80 Å². The zero-order chi connectivity index (χ0) is 20.9. The summed E-state index contributed by atoms with van der Waals surface area (Å²) in [7, 11) is 5.09. The molecule has 0 radical (unpaired) electrons. The van der Waals surface area contributed by atoms with E-state index in [9.17, 15) is 0 Å². The van der Waals surface area contributed by atoms with Gasteiger partial charge in [-0.1, -0.05) is 36.4 Å². The number of methoxy groups -OCH3 is 3. The van der Waals surface area contributed by atoms with Crippen LogP contribution in [0.15, 0.2) is 54.6 Å². The molecule has 1 heterocycles. The largest absolute Gasteiger partial charge is 0.496 e. The minimum absolute atomic E-state index is 0.776. The molecule has 0 atom stereocenters. The molecule has 0 unspecified atom stereocenters. The number of piperazine rings is 1. The van der Waals surface area contributed by atoms with Gasteiger partial charge in [0, 0.05) is 44.7 Å². The average Bonchev–Trinajstić information content (AvgIpc) is 2.80. The van der Waals surface area contributed by atoms with E-state index < -0.39 is 0 Å². The Balaban J connectivity index is 1.38. The van der Waals surface area contributed by atoms with Crippen molar-refractivity contribution in [1.29, 1.82) is 0 Å². The van der Waals surface area contributed by atoms with E-state index in [1.165, 1.54) is 21.9 Å². The highest BCUT2D eigenvalue weighted by molar-refractivity contribution is 5.91. The van der Waals surface area contributed by atoms with Gasteiger partial charge in [0.15, 0.2) is 11.5 Å². The zero-order valence-electron chi connectivity index (χ0n) is 18.1. The fourth-order valence-electron chi connectivity index (χ4n) is 4.23. The molecular weight excluding hydrogens is 376 g/mol. The van der Waals surface area contributed by atoms with Crippen molar-refractivity contribution in [2.24, 2.45) is 0 Å². The molecule has 30 heavy (non-hydrogen) atoms. The van der Waals surface area contributed by atoms with Gasteiger partial charge in [0.05, 0.1) is 21.3 Å². The zero-order valence-corrected chi connectivity index (χ0v) is 18.1. The SMILES string of the molecule is COc1ccc(CN2CCN(Cc3ccc(OC)c4ccccc34)CC2)cc1OC. The van der Waals surface area contributed by atoms with Gasteiger partial charge in [-0.3, -0.25) is 9.80 Å². The van der Waals surface area contributed by atoms with E-state index in [2.05, 4.69) is 58.3 Å². The Morgan fingerprint density at radius 3 is 1.90 bits per heavy atom. The summed E-state index contributed by atoms with van der Waals surface area (Å²) >= 11 is 0. The summed E-state index contributed by atoms with van der Waals surface area (Å²) in [5.74, 6) is 2.51. The molecule has 3 aromatic carbocycles. The summed E-state index contributed by atoms with van der Waals surface area (Å²) in [6.45, 7) is 6.14. The molecule has 0 bridgehead atoms. The van der Waals surface area contributed by atoms with Crippen LogP contribution in [0.1, 0.15) is 11.1 Å². The first kappa shape index (κ1) is 20.5. The van der Waals surface area contributed by atoms with Gasteiger partial charge < -0.3 is 14.2 Å². The first-order chi connectivity index (χ1) is 14.7. The van der Waals surface area contributed by atoms with Crippen LogP contribution in [0.2, 0.25) is 0 Å². The van der Waals surface area contributed by atoms with Crippen molar-refractivity contribution >= 4 is 10.8 Å². The normalized spacial score (nSPS) is 15.3. The van der Waals surface area contributed by atoms with Crippen LogP contribution in [-0.4, -0.2) is 57.3 Å². The summed E-state index contributed by atoms with van der Waals surface area (Å²) in [6.07, 6.45) is 0. The molecule has 0 saturated carbocycles. The molecule has 0 N–H and O–H groups in total. The maximum Gasteiger partial charge on any atom is 0.161 e. The Bertz CT molecular complexity index is 997. The molecule has 1 saturated heterocycles.